The highest BCUT2D eigenvalue weighted by Gasteiger charge is 2.13. The van der Waals surface area contributed by atoms with Crippen molar-refractivity contribution < 1.29 is 14.3 Å². The maximum Gasteiger partial charge on any atom is 0.223 e. The zero-order valence-corrected chi connectivity index (χ0v) is 11.8. The molecule has 0 fully saturated rings. The van der Waals surface area contributed by atoms with E-state index in [2.05, 4.69) is 10.3 Å². The summed E-state index contributed by atoms with van der Waals surface area (Å²) in [6, 6.07) is 5.62. The molecule has 0 saturated carbocycles. The number of thiazole rings is 1. The molecule has 1 aromatic heterocycles. The molecule has 1 amide bonds. The van der Waals surface area contributed by atoms with Crippen molar-refractivity contribution in [2.24, 2.45) is 0 Å². The van der Waals surface area contributed by atoms with Gasteiger partial charge >= 0.3 is 0 Å². The van der Waals surface area contributed by atoms with Crippen molar-refractivity contribution in [1.29, 1.82) is 0 Å². The fourth-order valence-electron chi connectivity index (χ4n) is 1.75. The average molecular weight is 294 g/mol. The van der Waals surface area contributed by atoms with E-state index in [0.717, 1.165) is 9.88 Å². The number of carbonyl (C=O) groups excluding carboxylic acids is 1. The Labute approximate surface area is 120 Å². The van der Waals surface area contributed by atoms with Crippen molar-refractivity contribution in [2.45, 2.75) is 26.0 Å². The quantitative estimate of drug-likeness (QED) is 0.889. The second-order valence-electron chi connectivity index (χ2n) is 4.40. The van der Waals surface area contributed by atoms with Crippen LogP contribution in [0.1, 0.15) is 28.0 Å². The Kier molecular flexibility index (Phi) is 4.81. The second-order valence-corrected chi connectivity index (χ2v) is 5.72. The highest BCUT2D eigenvalue weighted by atomic mass is 32.1. The molecule has 6 heteroatoms. The molecule has 0 bridgehead atoms. The molecule has 1 aromatic carbocycles. The monoisotopic (exact) mass is 294 g/mol. The number of aromatic nitrogens is 1. The summed E-state index contributed by atoms with van der Waals surface area (Å²) in [5.41, 5.74) is 0.397. The van der Waals surface area contributed by atoms with Crippen LogP contribution in [0.3, 0.4) is 0 Å². The van der Waals surface area contributed by atoms with Gasteiger partial charge in [0.2, 0.25) is 5.91 Å². The smallest absolute Gasteiger partial charge is 0.223 e. The molecule has 0 aliphatic heterocycles. The molecule has 0 aliphatic carbocycles. The van der Waals surface area contributed by atoms with Gasteiger partial charge in [-0.2, -0.15) is 0 Å². The van der Waals surface area contributed by atoms with Crippen LogP contribution in [-0.4, -0.2) is 16.0 Å². The number of hydrogen-bond donors (Lipinski definition) is 2. The maximum absolute atomic E-state index is 13.0. The number of nitrogens with zero attached hydrogens (tertiary/aromatic N) is 1. The number of nitrogens with one attached hydrogen (secondary N) is 1. The Morgan fingerprint density at radius 1 is 1.55 bits per heavy atom. The molecule has 2 N–H and O–H groups in total. The zero-order chi connectivity index (χ0) is 14.5. The van der Waals surface area contributed by atoms with E-state index < -0.39 is 11.9 Å². The third-order valence-electron chi connectivity index (χ3n) is 2.74. The minimum absolute atomic E-state index is 0.0960. The lowest BCUT2D eigenvalue weighted by molar-refractivity contribution is -0.123. The van der Waals surface area contributed by atoms with Crippen LogP contribution in [0.15, 0.2) is 30.5 Å². The highest BCUT2D eigenvalue weighted by molar-refractivity contribution is 7.11. The summed E-state index contributed by atoms with van der Waals surface area (Å²) in [7, 11) is 0. The normalized spacial score (nSPS) is 12.2. The third-order valence-corrected chi connectivity index (χ3v) is 3.65. The first-order chi connectivity index (χ1) is 9.54. The average Bonchev–Trinajstić information content (AvgIpc) is 2.82. The Morgan fingerprint density at radius 2 is 2.35 bits per heavy atom. The fraction of sp³-hybridized carbons (Fsp3) is 0.286. The molecule has 106 valence electrons. The van der Waals surface area contributed by atoms with Gasteiger partial charge in [0.05, 0.1) is 24.1 Å². The molecule has 20 heavy (non-hydrogen) atoms. The Morgan fingerprint density at radius 3 is 3.00 bits per heavy atom. The lowest BCUT2D eigenvalue weighted by atomic mass is 10.1. The summed E-state index contributed by atoms with van der Waals surface area (Å²) in [6.45, 7) is 2.28. The molecule has 1 unspecified atom stereocenters. The number of aliphatic hydroxyl groups is 1. The van der Waals surface area contributed by atoms with Crippen molar-refractivity contribution in [1.82, 2.24) is 10.3 Å². The minimum Gasteiger partial charge on any atom is -0.388 e. The Hall–Kier alpha value is -1.79. The third kappa shape index (κ3) is 4.11. The molecule has 0 saturated heterocycles. The van der Waals surface area contributed by atoms with Gasteiger partial charge in [0.25, 0.3) is 0 Å². The van der Waals surface area contributed by atoms with Gasteiger partial charge in [-0.25, -0.2) is 9.37 Å². The van der Waals surface area contributed by atoms with E-state index in [1.165, 1.54) is 29.5 Å². The summed E-state index contributed by atoms with van der Waals surface area (Å²) in [5, 5.41) is 13.5. The number of halogens is 1. The van der Waals surface area contributed by atoms with E-state index in [1.807, 2.05) is 6.92 Å². The van der Waals surface area contributed by atoms with Gasteiger partial charge in [-0.15, -0.1) is 11.3 Å². The van der Waals surface area contributed by atoms with Gasteiger partial charge in [0, 0.05) is 11.1 Å². The lowest BCUT2D eigenvalue weighted by Gasteiger charge is -2.11. The van der Waals surface area contributed by atoms with Gasteiger partial charge < -0.3 is 10.4 Å². The van der Waals surface area contributed by atoms with Crippen molar-refractivity contribution >= 4 is 17.2 Å². The Bertz CT molecular complexity index is 600. The zero-order valence-electron chi connectivity index (χ0n) is 11.0. The SMILES string of the molecule is Cc1ncc(CNC(=O)CC(O)c2cccc(F)c2)s1. The summed E-state index contributed by atoms with van der Waals surface area (Å²) >= 11 is 1.51. The van der Waals surface area contributed by atoms with Crippen LogP contribution in [0, 0.1) is 12.7 Å². The van der Waals surface area contributed by atoms with Gasteiger partial charge in [0.1, 0.15) is 5.82 Å². The van der Waals surface area contributed by atoms with Crippen molar-refractivity contribution in [3.05, 3.63) is 51.7 Å². The lowest BCUT2D eigenvalue weighted by Crippen LogP contribution is -2.24. The number of aryl methyl sites for hydroxylation is 1. The van der Waals surface area contributed by atoms with Crippen molar-refractivity contribution in [3.63, 3.8) is 0 Å². The van der Waals surface area contributed by atoms with Crippen LogP contribution in [-0.2, 0) is 11.3 Å². The number of benzene rings is 1. The molecule has 2 rings (SSSR count). The molecule has 2 aromatic rings. The largest absolute Gasteiger partial charge is 0.388 e. The second kappa shape index (κ2) is 6.58. The van der Waals surface area contributed by atoms with E-state index >= 15 is 0 Å². The fourth-order valence-corrected chi connectivity index (χ4v) is 2.49. The Balaban J connectivity index is 1.85. The standard InChI is InChI=1S/C14H15FN2O2S/c1-9-16-7-12(20-9)8-17-14(19)6-13(18)10-3-2-4-11(15)5-10/h2-5,7,13,18H,6,8H2,1H3,(H,17,19). The van der Waals surface area contributed by atoms with Gasteiger partial charge in [-0.1, -0.05) is 12.1 Å². The van der Waals surface area contributed by atoms with Crippen LogP contribution >= 0.6 is 11.3 Å². The topological polar surface area (TPSA) is 62.2 Å². The van der Waals surface area contributed by atoms with Crippen LogP contribution in [0.25, 0.3) is 0 Å². The van der Waals surface area contributed by atoms with Crippen LogP contribution < -0.4 is 5.32 Å². The maximum atomic E-state index is 13.0. The van der Waals surface area contributed by atoms with E-state index in [4.69, 9.17) is 0 Å². The van der Waals surface area contributed by atoms with Crippen LogP contribution in [0.5, 0.6) is 0 Å². The molecule has 0 spiro atoms. The summed E-state index contributed by atoms with van der Waals surface area (Å²) in [4.78, 5) is 16.8. The molecule has 1 atom stereocenters. The predicted molar refractivity (Wildman–Crippen MR) is 74.7 cm³/mol. The van der Waals surface area contributed by atoms with Crippen LogP contribution in [0.4, 0.5) is 4.39 Å². The molecule has 1 heterocycles. The van der Waals surface area contributed by atoms with Gasteiger partial charge in [0.15, 0.2) is 0 Å². The molecular weight excluding hydrogens is 279 g/mol. The highest BCUT2D eigenvalue weighted by Crippen LogP contribution is 2.17. The number of carbonyl (C=O) groups is 1. The number of rotatable bonds is 5. The van der Waals surface area contributed by atoms with E-state index in [1.54, 1.807) is 12.3 Å². The number of aliphatic hydroxyl groups excluding tert-OH is 1. The van der Waals surface area contributed by atoms with E-state index in [9.17, 15) is 14.3 Å². The number of hydrogen-bond acceptors (Lipinski definition) is 4. The summed E-state index contributed by atoms with van der Waals surface area (Å²) in [5.74, 6) is -0.713. The van der Waals surface area contributed by atoms with Gasteiger partial charge in [-0.3, -0.25) is 4.79 Å². The molecular formula is C14H15FN2O2S. The predicted octanol–water partition coefficient (Wildman–Crippen LogP) is 2.33. The first-order valence-electron chi connectivity index (χ1n) is 6.16. The first-order valence-corrected chi connectivity index (χ1v) is 6.98. The van der Waals surface area contributed by atoms with E-state index in [0.29, 0.717) is 12.1 Å². The first kappa shape index (κ1) is 14.6. The van der Waals surface area contributed by atoms with Crippen LogP contribution in [0.2, 0.25) is 0 Å². The number of amides is 1. The van der Waals surface area contributed by atoms with E-state index in [-0.39, 0.29) is 12.3 Å². The van der Waals surface area contributed by atoms with Gasteiger partial charge in [-0.05, 0) is 24.6 Å². The summed E-state index contributed by atoms with van der Waals surface area (Å²) in [6.07, 6.45) is 0.610. The van der Waals surface area contributed by atoms with Crippen molar-refractivity contribution in [2.75, 3.05) is 0 Å². The molecule has 0 aliphatic rings. The van der Waals surface area contributed by atoms with Crippen molar-refractivity contribution in [3.8, 4) is 0 Å². The molecule has 4 nitrogen and oxygen atoms in total. The summed E-state index contributed by atoms with van der Waals surface area (Å²) < 4.78 is 13.0. The minimum atomic E-state index is -1.01. The molecule has 0 radical (unpaired) electrons.